The van der Waals surface area contributed by atoms with Gasteiger partial charge in [0, 0.05) is 18.3 Å². The van der Waals surface area contributed by atoms with E-state index >= 15 is 0 Å². The summed E-state index contributed by atoms with van der Waals surface area (Å²) < 4.78 is 0. The maximum absolute atomic E-state index is 4.31. The molecule has 1 aromatic heterocycles. The SMILES string of the molecule is C[C@H]1CC[C@@H](c2ncc[nH]2)CC1. The van der Waals surface area contributed by atoms with Crippen LogP contribution >= 0.6 is 0 Å². The third-order valence-corrected chi connectivity index (χ3v) is 2.92. The lowest BCUT2D eigenvalue weighted by molar-refractivity contribution is 0.341. The predicted molar refractivity (Wildman–Crippen MR) is 49.0 cm³/mol. The molecule has 0 radical (unpaired) electrons. The van der Waals surface area contributed by atoms with E-state index in [-0.39, 0.29) is 0 Å². The second kappa shape index (κ2) is 3.30. The Morgan fingerprint density at radius 3 is 2.67 bits per heavy atom. The van der Waals surface area contributed by atoms with Crippen LogP contribution in [0.15, 0.2) is 12.4 Å². The molecule has 1 heterocycles. The molecule has 2 nitrogen and oxygen atoms in total. The Morgan fingerprint density at radius 2 is 2.08 bits per heavy atom. The van der Waals surface area contributed by atoms with Crippen molar-refractivity contribution in [2.24, 2.45) is 5.92 Å². The van der Waals surface area contributed by atoms with E-state index in [0.29, 0.717) is 5.92 Å². The Balaban J connectivity index is 1.99. The van der Waals surface area contributed by atoms with E-state index < -0.39 is 0 Å². The minimum atomic E-state index is 0.705. The van der Waals surface area contributed by atoms with Gasteiger partial charge in [-0.15, -0.1) is 0 Å². The zero-order chi connectivity index (χ0) is 8.39. The second-order valence-corrected chi connectivity index (χ2v) is 3.93. The predicted octanol–water partition coefficient (Wildman–Crippen LogP) is 2.70. The molecule has 1 aliphatic rings. The number of hydrogen-bond donors (Lipinski definition) is 1. The molecule has 0 spiro atoms. The number of H-pyrrole nitrogens is 1. The topological polar surface area (TPSA) is 28.7 Å². The van der Waals surface area contributed by atoms with Crippen molar-refractivity contribution in [3.8, 4) is 0 Å². The van der Waals surface area contributed by atoms with Gasteiger partial charge in [-0.2, -0.15) is 0 Å². The average Bonchev–Trinajstić information content (AvgIpc) is 2.58. The van der Waals surface area contributed by atoms with Crippen molar-refractivity contribution < 1.29 is 0 Å². The molecule has 1 saturated carbocycles. The minimum Gasteiger partial charge on any atom is -0.348 e. The van der Waals surface area contributed by atoms with E-state index in [1.54, 1.807) is 0 Å². The molecule has 66 valence electrons. The van der Waals surface area contributed by atoms with E-state index in [2.05, 4.69) is 16.9 Å². The van der Waals surface area contributed by atoms with Crippen LogP contribution in [0.1, 0.15) is 44.3 Å². The summed E-state index contributed by atoms with van der Waals surface area (Å²) in [6.07, 6.45) is 9.14. The Morgan fingerprint density at radius 1 is 1.33 bits per heavy atom. The normalized spacial score (nSPS) is 30.4. The van der Waals surface area contributed by atoms with Crippen molar-refractivity contribution in [2.45, 2.75) is 38.5 Å². The molecule has 2 rings (SSSR count). The summed E-state index contributed by atoms with van der Waals surface area (Å²) in [6, 6.07) is 0. The van der Waals surface area contributed by atoms with Gasteiger partial charge in [-0.25, -0.2) is 4.98 Å². The van der Waals surface area contributed by atoms with E-state index in [1.165, 1.54) is 31.5 Å². The lowest BCUT2D eigenvalue weighted by Gasteiger charge is -2.24. The molecule has 0 atom stereocenters. The van der Waals surface area contributed by atoms with Gasteiger partial charge in [0.15, 0.2) is 0 Å². The first-order valence-corrected chi connectivity index (χ1v) is 4.85. The van der Waals surface area contributed by atoms with Crippen LogP contribution in [-0.4, -0.2) is 9.97 Å². The van der Waals surface area contributed by atoms with Gasteiger partial charge in [0.25, 0.3) is 0 Å². The first kappa shape index (κ1) is 7.84. The van der Waals surface area contributed by atoms with Gasteiger partial charge in [-0.05, 0) is 18.8 Å². The molecule has 0 aliphatic heterocycles. The van der Waals surface area contributed by atoms with Gasteiger partial charge in [0.2, 0.25) is 0 Å². The minimum absolute atomic E-state index is 0.705. The van der Waals surface area contributed by atoms with Crippen LogP contribution in [0.4, 0.5) is 0 Å². The van der Waals surface area contributed by atoms with Gasteiger partial charge >= 0.3 is 0 Å². The van der Waals surface area contributed by atoms with Crippen LogP contribution in [0.25, 0.3) is 0 Å². The van der Waals surface area contributed by atoms with Gasteiger partial charge < -0.3 is 4.98 Å². The number of imidazole rings is 1. The van der Waals surface area contributed by atoms with Gasteiger partial charge in [0.05, 0.1) is 0 Å². The summed E-state index contributed by atoms with van der Waals surface area (Å²) in [5, 5.41) is 0. The Kier molecular flexibility index (Phi) is 2.15. The highest BCUT2D eigenvalue weighted by Gasteiger charge is 2.20. The smallest absolute Gasteiger partial charge is 0.109 e. The standard InChI is InChI=1S/C10H16N2/c1-8-2-4-9(5-3-8)10-11-6-7-12-10/h6-9H,2-5H2,1H3,(H,11,12)/t8-,9+. The molecule has 0 amide bonds. The van der Waals surface area contributed by atoms with Crippen molar-refractivity contribution in [1.29, 1.82) is 0 Å². The fourth-order valence-electron chi connectivity index (χ4n) is 2.03. The van der Waals surface area contributed by atoms with Gasteiger partial charge in [-0.1, -0.05) is 19.8 Å². The number of aromatic nitrogens is 2. The number of nitrogens with zero attached hydrogens (tertiary/aromatic N) is 1. The van der Waals surface area contributed by atoms with E-state index in [1.807, 2.05) is 12.4 Å². The monoisotopic (exact) mass is 164 g/mol. The van der Waals surface area contributed by atoms with Crippen molar-refractivity contribution in [3.05, 3.63) is 18.2 Å². The van der Waals surface area contributed by atoms with Crippen LogP contribution in [0.2, 0.25) is 0 Å². The summed E-state index contributed by atoms with van der Waals surface area (Å²) in [4.78, 5) is 7.52. The number of nitrogens with one attached hydrogen (secondary N) is 1. The van der Waals surface area contributed by atoms with Crippen molar-refractivity contribution in [1.82, 2.24) is 9.97 Å². The van der Waals surface area contributed by atoms with Crippen LogP contribution in [0.5, 0.6) is 0 Å². The van der Waals surface area contributed by atoms with Crippen molar-refractivity contribution in [2.75, 3.05) is 0 Å². The molecule has 1 aliphatic carbocycles. The van der Waals surface area contributed by atoms with Gasteiger partial charge in [0.1, 0.15) is 5.82 Å². The molecular weight excluding hydrogens is 148 g/mol. The maximum atomic E-state index is 4.31. The maximum Gasteiger partial charge on any atom is 0.109 e. The van der Waals surface area contributed by atoms with E-state index in [9.17, 15) is 0 Å². The summed E-state index contributed by atoms with van der Waals surface area (Å²) in [5.41, 5.74) is 0. The largest absolute Gasteiger partial charge is 0.348 e. The van der Waals surface area contributed by atoms with Crippen molar-refractivity contribution in [3.63, 3.8) is 0 Å². The zero-order valence-electron chi connectivity index (χ0n) is 7.59. The molecule has 0 aromatic carbocycles. The molecule has 2 heteroatoms. The summed E-state index contributed by atoms with van der Waals surface area (Å²) in [5.74, 6) is 2.83. The van der Waals surface area contributed by atoms with Crippen LogP contribution < -0.4 is 0 Å². The molecule has 0 bridgehead atoms. The molecule has 1 aromatic rings. The fourth-order valence-corrected chi connectivity index (χ4v) is 2.03. The Labute approximate surface area is 73.4 Å². The number of rotatable bonds is 1. The van der Waals surface area contributed by atoms with E-state index in [4.69, 9.17) is 0 Å². The Hall–Kier alpha value is -0.790. The second-order valence-electron chi connectivity index (χ2n) is 3.93. The summed E-state index contributed by atoms with van der Waals surface area (Å²) in [6.45, 7) is 2.35. The number of hydrogen-bond acceptors (Lipinski definition) is 1. The number of aromatic amines is 1. The lowest BCUT2D eigenvalue weighted by atomic mass is 9.83. The van der Waals surface area contributed by atoms with Crippen LogP contribution in [-0.2, 0) is 0 Å². The fraction of sp³-hybridized carbons (Fsp3) is 0.700. The molecule has 1 fully saturated rings. The summed E-state index contributed by atoms with van der Waals surface area (Å²) >= 11 is 0. The highest BCUT2D eigenvalue weighted by molar-refractivity contribution is 4.98. The first-order chi connectivity index (χ1) is 5.86. The van der Waals surface area contributed by atoms with Crippen LogP contribution in [0, 0.1) is 5.92 Å². The quantitative estimate of drug-likeness (QED) is 0.679. The van der Waals surface area contributed by atoms with E-state index in [0.717, 1.165) is 5.92 Å². The highest BCUT2D eigenvalue weighted by atomic mass is 14.9. The average molecular weight is 164 g/mol. The highest BCUT2D eigenvalue weighted by Crippen LogP contribution is 2.33. The lowest BCUT2D eigenvalue weighted by Crippen LogP contribution is -2.11. The third kappa shape index (κ3) is 1.52. The Bertz CT molecular complexity index is 220. The molecule has 0 unspecified atom stereocenters. The van der Waals surface area contributed by atoms with Crippen molar-refractivity contribution >= 4 is 0 Å². The molecule has 12 heavy (non-hydrogen) atoms. The molecular formula is C10H16N2. The molecule has 1 N–H and O–H groups in total. The van der Waals surface area contributed by atoms with Gasteiger partial charge in [-0.3, -0.25) is 0 Å². The summed E-state index contributed by atoms with van der Waals surface area (Å²) in [7, 11) is 0. The molecule has 0 saturated heterocycles. The third-order valence-electron chi connectivity index (χ3n) is 2.92. The zero-order valence-corrected chi connectivity index (χ0v) is 7.59. The van der Waals surface area contributed by atoms with Crippen LogP contribution in [0.3, 0.4) is 0 Å². The first-order valence-electron chi connectivity index (χ1n) is 4.85.